The first kappa shape index (κ1) is 19.7. The molecule has 0 aliphatic heterocycles. The van der Waals surface area contributed by atoms with Crippen LogP contribution in [-0.4, -0.2) is 29.5 Å². The van der Waals surface area contributed by atoms with Crippen molar-refractivity contribution in [1.29, 1.82) is 0 Å². The van der Waals surface area contributed by atoms with E-state index in [0.29, 0.717) is 12.3 Å². The molecule has 5 nitrogen and oxygen atoms in total. The van der Waals surface area contributed by atoms with E-state index in [1.807, 2.05) is 18.4 Å². The molecule has 6 heteroatoms. The van der Waals surface area contributed by atoms with Gasteiger partial charge in [-0.3, -0.25) is 9.59 Å². The molecule has 0 spiro atoms. The molecule has 1 aliphatic carbocycles. The number of benzene rings is 1. The van der Waals surface area contributed by atoms with Crippen LogP contribution in [0, 0.1) is 12.8 Å². The highest BCUT2D eigenvalue weighted by Crippen LogP contribution is 2.34. The van der Waals surface area contributed by atoms with Crippen molar-refractivity contribution in [3.05, 3.63) is 46.8 Å². The van der Waals surface area contributed by atoms with Gasteiger partial charge in [0.1, 0.15) is 0 Å². The zero-order valence-electron chi connectivity index (χ0n) is 16.8. The molecule has 1 atom stereocenters. The Labute approximate surface area is 174 Å². The Hall–Kier alpha value is -2.60. The number of hydrogen-bond donors (Lipinski definition) is 2. The van der Waals surface area contributed by atoms with Gasteiger partial charge in [0.15, 0.2) is 6.61 Å². The molecule has 152 valence electrons. The Morgan fingerprint density at radius 2 is 2.14 bits per heavy atom. The zero-order valence-corrected chi connectivity index (χ0v) is 17.6. The number of fused-ring (bicyclic) bond motifs is 1. The number of rotatable bonds is 8. The third kappa shape index (κ3) is 4.70. The second-order valence-electron chi connectivity index (χ2n) is 7.86. The van der Waals surface area contributed by atoms with Gasteiger partial charge in [0.05, 0.1) is 10.6 Å². The third-order valence-corrected chi connectivity index (χ3v) is 6.38. The Bertz CT molecular complexity index is 1020. The van der Waals surface area contributed by atoms with Crippen LogP contribution in [0.4, 0.5) is 0 Å². The molecule has 0 bridgehead atoms. The van der Waals surface area contributed by atoms with Gasteiger partial charge in [-0.15, -0.1) is 11.3 Å². The number of hydrogen-bond acceptors (Lipinski definition) is 4. The number of amides is 1. The molecule has 3 aromatic rings. The lowest BCUT2D eigenvalue weighted by molar-refractivity contribution is -0.148. The zero-order chi connectivity index (χ0) is 20.4. The number of carbonyl (C=O) groups is 2. The van der Waals surface area contributed by atoms with Crippen molar-refractivity contribution in [2.75, 3.05) is 6.61 Å². The average molecular weight is 411 g/mol. The van der Waals surface area contributed by atoms with Crippen molar-refractivity contribution < 1.29 is 14.3 Å². The largest absolute Gasteiger partial charge is 0.456 e. The SMILES string of the molecule is Cc1ccc2[nH]c(-c3cccs3)c(CCC(=O)OCC(=O)N[C@@H](C)C3CC3)c2c1. The Morgan fingerprint density at radius 1 is 1.31 bits per heavy atom. The molecule has 0 saturated heterocycles. The van der Waals surface area contributed by atoms with E-state index in [9.17, 15) is 9.59 Å². The summed E-state index contributed by atoms with van der Waals surface area (Å²) in [4.78, 5) is 28.9. The number of aromatic nitrogens is 1. The molecule has 1 saturated carbocycles. The van der Waals surface area contributed by atoms with Crippen LogP contribution in [-0.2, 0) is 20.7 Å². The van der Waals surface area contributed by atoms with Crippen LogP contribution in [0.1, 0.15) is 37.3 Å². The van der Waals surface area contributed by atoms with E-state index in [0.717, 1.165) is 39.9 Å². The van der Waals surface area contributed by atoms with E-state index in [1.165, 1.54) is 5.56 Å². The highest BCUT2D eigenvalue weighted by Gasteiger charge is 2.29. The molecular formula is C23H26N2O3S. The molecule has 2 heterocycles. The van der Waals surface area contributed by atoms with Crippen molar-refractivity contribution in [1.82, 2.24) is 10.3 Å². The quantitative estimate of drug-likeness (QED) is 0.533. The van der Waals surface area contributed by atoms with Gasteiger partial charge in [-0.1, -0.05) is 17.7 Å². The smallest absolute Gasteiger partial charge is 0.306 e. The monoisotopic (exact) mass is 410 g/mol. The van der Waals surface area contributed by atoms with Crippen LogP contribution in [0.15, 0.2) is 35.7 Å². The van der Waals surface area contributed by atoms with Gasteiger partial charge in [0.25, 0.3) is 5.91 Å². The standard InChI is InChI=1S/C23H26N2O3S/c1-14-5-9-19-18(12-14)17(23(25-19)20-4-3-11-29-20)8-10-22(27)28-13-21(26)24-15(2)16-6-7-16/h3-5,9,11-12,15-16,25H,6-8,10,13H2,1-2H3,(H,24,26)/t15-/m0/s1. The molecule has 2 aromatic heterocycles. The molecule has 0 radical (unpaired) electrons. The summed E-state index contributed by atoms with van der Waals surface area (Å²) in [5.74, 6) is 0.00811. The van der Waals surface area contributed by atoms with Crippen molar-refractivity contribution in [2.45, 2.75) is 45.6 Å². The number of esters is 1. The van der Waals surface area contributed by atoms with Crippen LogP contribution >= 0.6 is 11.3 Å². The van der Waals surface area contributed by atoms with E-state index in [1.54, 1.807) is 11.3 Å². The highest BCUT2D eigenvalue weighted by molar-refractivity contribution is 7.13. The fourth-order valence-corrected chi connectivity index (χ4v) is 4.46. The summed E-state index contributed by atoms with van der Waals surface area (Å²) < 4.78 is 5.21. The van der Waals surface area contributed by atoms with Crippen molar-refractivity contribution in [3.8, 4) is 10.6 Å². The van der Waals surface area contributed by atoms with Gasteiger partial charge in [-0.05, 0) is 68.2 Å². The fraction of sp³-hybridized carbons (Fsp3) is 0.391. The molecule has 1 fully saturated rings. The molecule has 1 amide bonds. The maximum absolute atomic E-state index is 12.3. The topological polar surface area (TPSA) is 71.2 Å². The number of aromatic amines is 1. The van der Waals surface area contributed by atoms with Gasteiger partial charge in [0, 0.05) is 23.4 Å². The number of H-pyrrole nitrogens is 1. The predicted octanol–water partition coefficient (Wildman–Crippen LogP) is 4.60. The van der Waals surface area contributed by atoms with Gasteiger partial charge in [-0.25, -0.2) is 0 Å². The highest BCUT2D eigenvalue weighted by atomic mass is 32.1. The van der Waals surface area contributed by atoms with E-state index < -0.39 is 0 Å². The molecule has 4 rings (SSSR count). The molecule has 29 heavy (non-hydrogen) atoms. The summed E-state index contributed by atoms with van der Waals surface area (Å²) in [6.45, 7) is 3.86. The van der Waals surface area contributed by atoms with Crippen LogP contribution in [0.3, 0.4) is 0 Å². The van der Waals surface area contributed by atoms with Gasteiger partial charge in [0.2, 0.25) is 0 Å². The minimum absolute atomic E-state index is 0.156. The molecular weight excluding hydrogens is 384 g/mol. The Kier molecular flexibility index (Phi) is 5.72. The fourth-order valence-electron chi connectivity index (χ4n) is 3.71. The number of ether oxygens (including phenoxy) is 1. The maximum Gasteiger partial charge on any atom is 0.306 e. The van der Waals surface area contributed by atoms with Crippen molar-refractivity contribution >= 4 is 34.1 Å². The minimum atomic E-state index is -0.349. The van der Waals surface area contributed by atoms with Crippen LogP contribution in [0.2, 0.25) is 0 Å². The average Bonchev–Trinajstić information content (AvgIpc) is 3.29. The van der Waals surface area contributed by atoms with Crippen LogP contribution < -0.4 is 5.32 Å². The lowest BCUT2D eigenvalue weighted by Crippen LogP contribution is -2.37. The normalized spacial score (nSPS) is 14.7. The molecule has 1 aliphatic rings. The van der Waals surface area contributed by atoms with E-state index in [4.69, 9.17) is 4.74 Å². The van der Waals surface area contributed by atoms with Crippen molar-refractivity contribution in [3.63, 3.8) is 0 Å². The number of thiophene rings is 1. The van der Waals surface area contributed by atoms with Gasteiger partial charge < -0.3 is 15.0 Å². The first-order valence-electron chi connectivity index (χ1n) is 10.1. The van der Waals surface area contributed by atoms with E-state index in [2.05, 4.69) is 41.5 Å². The summed E-state index contributed by atoms with van der Waals surface area (Å²) in [6.07, 6.45) is 3.14. The van der Waals surface area contributed by atoms with E-state index in [-0.39, 0.29) is 30.9 Å². The number of carbonyl (C=O) groups excluding carboxylic acids is 2. The third-order valence-electron chi connectivity index (χ3n) is 5.49. The minimum Gasteiger partial charge on any atom is -0.456 e. The first-order chi connectivity index (χ1) is 14.0. The van der Waals surface area contributed by atoms with Gasteiger partial charge in [-0.2, -0.15) is 0 Å². The van der Waals surface area contributed by atoms with Crippen LogP contribution in [0.5, 0.6) is 0 Å². The summed E-state index contributed by atoms with van der Waals surface area (Å²) in [6, 6.07) is 10.6. The second kappa shape index (κ2) is 8.41. The lowest BCUT2D eigenvalue weighted by Gasteiger charge is -2.12. The summed E-state index contributed by atoms with van der Waals surface area (Å²) in [7, 11) is 0. The Morgan fingerprint density at radius 3 is 2.86 bits per heavy atom. The number of aryl methyl sites for hydroxylation is 2. The van der Waals surface area contributed by atoms with E-state index >= 15 is 0 Å². The second-order valence-corrected chi connectivity index (χ2v) is 8.81. The Balaban J connectivity index is 1.40. The summed E-state index contributed by atoms with van der Waals surface area (Å²) in [5.41, 5.74) is 4.43. The van der Waals surface area contributed by atoms with Crippen LogP contribution in [0.25, 0.3) is 21.5 Å². The molecule has 1 aromatic carbocycles. The van der Waals surface area contributed by atoms with Gasteiger partial charge >= 0.3 is 5.97 Å². The maximum atomic E-state index is 12.3. The first-order valence-corrected chi connectivity index (χ1v) is 11.0. The molecule has 0 unspecified atom stereocenters. The predicted molar refractivity (Wildman–Crippen MR) is 116 cm³/mol. The lowest BCUT2D eigenvalue weighted by atomic mass is 10.0. The van der Waals surface area contributed by atoms with Crippen molar-refractivity contribution in [2.24, 2.45) is 5.92 Å². The summed E-state index contributed by atoms with van der Waals surface area (Å²) >= 11 is 1.67. The summed E-state index contributed by atoms with van der Waals surface area (Å²) in [5, 5.41) is 6.09. The molecule has 2 N–H and O–H groups in total. The number of nitrogens with one attached hydrogen (secondary N) is 2.